The molecule has 0 amide bonds. The van der Waals surface area contributed by atoms with Crippen LogP contribution in [0, 0.1) is 0 Å². The molecule has 2 heterocycles. The average Bonchev–Trinajstić information content (AvgIpc) is 2.71. The number of alkyl halides is 3. The molecular weight excluding hydrogens is 381 g/mol. The molecule has 1 saturated heterocycles. The lowest BCUT2D eigenvalue weighted by molar-refractivity contribution is -0.138. The van der Waals surface area contributed by atoms with Crippen molar-refractivity contribution in [1.29, 1.82) is 0 Å². The number of rotatable bonds is 8. The van der Waals surface area contributed by atoms with E-state index in [1.165, 1.54) is 38.8 Å². The zero-order valence-corrected chi connectivity index (χ0v) is 16.5. The fourth-order valence-corrected chi connectivity index (χ4v) is 3.55. The minimum Gasteiger partial charge on any atom is -0.494 e. The van der Waals surface area contributed by atoms with Crippen LogP contribution < -0.4 is 10.3 Å². The van der Waals surface area contributed by atoms with E-state index < -0.39 is 17.3 Å². The summed E-state index contributed by atoms with van der Waals surface area (Å²) in [6, 6.07) is 8.25. The fourth-order valence-electron chi connectivity index (χ4n) is 3.55. The zero-order chi connectivity index (χ0) is 20.7. The van der Waals surface area contributed by atoms with Crippen LogP contribution in [0.4, 0.5) is 13.2 Å². The van der Waals surface area contributed by atoms with Gasteiger partial charge in [-0.15, -0.1) is 0 Å². The highest BCUT2D eigenvalue weighted by atomic mass is 19.4. The number of benzene rings is 1. The lowest BCUT2D eigenvalue weighted by Crippen LogP contribution is -2.30. The maximum atomic E-state index is 12.9. The van der Waals surface area contributed by atoms with Crippen LogP contribution in [0.15, 0.2) is 47.4 Å². The molecule has 1 fully saturated rings. The number of likely N-dealkylation sites (tertiary alicyclic amines) is 1. The SMILES string of the molecule is O=c1ccc(C(F)(F)F)cn1-c1ccc(OCCCCCN2CCCCC2)cc1. The van der Waals surface area contributed by atoms with Gasteiger partial charge in [-0.25, -0.2) is 0 Å². The summed E-state index contributed by atoms with van der Waals surface area (Å²) in [4.78, 5) is 14.5. The van der Waals surface area contributed by atoms with E-state index in [0.29, 0.717) is 18.0 Å². The summed E-state index contributed by atoms with van der Waals surface area (Å²) in [5.74, 6) is 0.643. The van der Waals surface area contributed by atoms with E-state index in [9.17, 15) is 18.0 Å². The minimum absolute atomic E-state index is 0.370. The topological polar surface area (TPSA) is 34.5 Å². The third kappa shape index (κ3) is 6.35. The van der Waals surface area contributed by atoms with Crippen LogP contribution in [0.1, 0.15) is 44.1 Å². The number of pyridine rings is 1. The highest BCUT2D eigenvalue weighted by Crippen LogP contribution is 2.28. The molecule has 0 atom stereocenters. The van der Waals surface area contributed by atoms with E-state index in [1.807, 2.05) is 0 Å². The van der Waals surface area contributed by atoms with Gasteiger partial charge in [0.2, 0.25) is 0 Å². The molecule has 0 saturated carbocycles. The first kappa shape index (κ1) is 21.4. The van der Waals surface area contributed by atoms with E-state index in [4.69, 9.17) is 4.74 Å². The maximum absolute atomic E-state index is 12.9. The highest BCUT2D eigenvalue weighted by Gasteiger charge is 2.31. The van der Waals surface area contributed by atoms with Crippen LogP contribution >= 0.6 is 0 Å². The maximum Gasteiger partial charge on any atom is 0.417 e. The van der Waals surface area contributed by atoms with Crippen molar-refractivity contribution < 1.29 is 17.9 Å². The van der Waals surface area contributed by atoms with E-state index in [2.05, 4.69) is 4.90 Å². The summed E-state index contributed by atoms with van der Waals surface area (Å²) in [6.07, 6.45) is 3.54. The van der Waals surface area contributed by atoms with Crippen LogP contribution in [0.5, 0.6) is 5.75 Å². The largest absolute Gasteiger partial charge is 0.494 e. The fraction of sp³-hybridized carbons (Fsp3) is 0.500. The number of hydrogen-bond donors (Lipinski definition) is 0. The summed E-state index contributed by atoms with van der Waals surface area (Å²) in [6.45, 7) is 4.19. The molecule has 1 aliphatic rings. The predicted octanol–water partition coefficient (Wildman–Crippen LogP) is 4.89. The third-order valence-electron chi connectivity index (χ3n) is 5.19. The van der Waals surface area contributed by atoms with Gasteiger partial charge in [0.15, 0.2) is 0 Å². The van der Waals surface area contributed by atoms with Gasteiger partial charge in [-0.1, -0.05) is 6.42 Å². The van der Waals surface area contributed by atoms with Crippen molar-refractivity contribution >= 4 is 0 Å². The van der Waals surface area contributed by atoms with Crippen molar-refractivity contribution in [3.8, 4) is 11.4 Å². The molecular formula is C22H27F3N2O2. The van der Waals surface area contributed by atoms with Crippen molar-refractivity contribution in [2.24, 2.45) is 0 Å². The highest BCUT2D eigenvalue weighted by molar-refractivity contribution is 5.38. The van der Waals surface area contributed by atoms with Crippen LogP contribution in [0.3, 0.4) is 0 Å². The molecule has 1 aromatic heterocycles. The Morgan fingerprint density at radius 1 is 0.897 bits per heavy atom. The second-order valence-electron chi connectivity index (χ2n) is 7.43. The van der Waals surface area contributed by atoms with Crippen LogP contribution in [-0.2, 0) is 6.18 Å². The van der Waals surface area contributed by atoms with E-state index >= 15 is 0 Å². The first-order valence-corrected chi connectivity index (χ1v) is 10.2. The number of aromatic nitrogens is 1. The van der Waals surface area contributed by atoms with Crippen LogP contribution in [-0.4, -0.2) is 35.7 Å². The summed E-state index contributed by atoms with van der Waals surface area (Å²) in [7, 11) is 0. The third-order valence-corrected chi connectivity index (χ3v) is 5.19. The number of piperidine rings is 1. The molecule has 3 rings (SSSR count). The molecule has 29 heavy (non-hydrogen) atoms. The quantitative estimate of drug-likeness (QED) is 0.583. The van der Waals surface area contributed by atoms with Crippen molar-refractivity contribution in [3.05, 3.63) is 58.5 Å². The van der Waals surface area contributed by atoms with Gasteiger partial charge in [-0.2, -0.15) is 13.2 Å². The molecule has 1 aromatic carbocycles. The summed E-state index contributed by atoms with van der Waals surface area (Å²) >= 11 is 0. The Balaban J connectivity index is 1.46. The van der Waals surface area contributed by atoms with Gasteiger partial charge >= 0.3 is 6.18 Å². The van der Waals surface area contributed by atoms with Gasteiger partial charge < -0.3 is 9.64 Å². The normalized spacial score (nSPS) is 15.4. The van der Waals surface area contributed by atoms with E-state index in [0.717, 1.165) is 42.3 Å². The van der Waals surface area contributed by atoms with Gasteiger partial charge in [-0.3, -0.25) is 9.36 Å². The molecule has 7 heteroatoms. The second kappa shape index (κ2) is 9.96. The number of ether oxygens (including phenoxy) is 1. The lowest BCUT2D eigenvalue weighted by atomic mass is 10.1. The molecule has 158 valence electrons. The Labute approximate surface area is 168 Å². The molecule has 0 aliphatic carbocycles. The molecule has 4 nitrogen and oxygen atoms in total. The summed E-state index contributed by atoms with van der Waals surface area (Å²) in [5.41, 5.74) is -1.00. The number of halogens is 3. The minimum atomic E-state index is -4.49. The van der Waals surface area contributed by atoms with E-state index in [1.54, 1.807) is 24.3 Å². The lowest BCUT2D eigenvalue weighted by Gasteiger charge is -2.26. The van der Waals surface area contributed by atoms with Crippen molar-refractivity contribution in [2.45, 2.75) is 44.7 Å². The van der Waals surface area contributed by atoms with Crippen molar-refractivity contribution in [2.75, 3.05) is 26.2 Å². The predicted molar refractivity (Wildman–Crippen MR) is 107 cm³/mol. The van der Waals surface area contributed by atoms with E-state index in [-0.39, 0.29) is 0 Å². The monoisotopic (exact) mass is 408 g/mol. The molecule has 0 N–H and O–H groups in total. The first-order valence-electron chi connectivity index (χ1n) is 10.2. The number of unbranched alkanes of at least 4 members (excludes halogenated alkanes) is 2. The Hall–Kier alpha value is -2.28. The molecule has 0 unspecified atom stereocenters. The number of hydrogen-bond acceptors (Lipinski definition) is 3. The Bertz CT molecular complexity index is 825. The Kier molecular flexibility index (Phi) is 7.36. The second-order valence-corrected chi connectivity index (χ2v) is 7.43. The van der Waals surface area contributed by atoms with Gasteiger partial charge in [0.05, 0.1) is 12.2 Å². The average molecular weight is 408 g/mol. The molecule has 1 aliphatic heterocycles. The Morgan fingerprint density at radius 3 is 2.31 bits per heavy atom. The van der Waals surface area contributed by atoms with Gasteiger partial charge in [0.1, 0.15) is 5.75 Å². The van der Waals surface area contributed by atoms with Crippen LogP contribution in [0.2, 0.25) is 0 Å². The summed E-state index contributed by atoms with van der Waals surface area (Å²) in [5, 5.41) is 0. The first-order chi connectivity index (χ1) is 13.9. The zero-order valence-electron chi connectivity index (χ0n) is 16.5. The van der Waals surface area contributed by atoms with Crippen LogP contribution in [0.25, 0.3) is 5.69 Å². The smallest absolute Gasteiger partial charge is 0.417 e. The standard InChI is InChI=1S/C22H27F3N2O2/c23-22(24,25)18-7-12-21(28)27(17-18)19-8-10-20(11-9-19)29-16-6-2-5-15-26-13-3-1-4-14-26/h7-12,17H,1-6,13-16H2. The van der Waals surface area contributed by atoms with Gasteiger partial charge in [-0.05, 0) is 82.1 Å². The Morgan fingerprint density at radius 2 is 1.62 bits per heavy atom. The van der Waals surface area contributed by atoms with Crippen molar-refractivity contribution in [3.63, 3.8) is 0 Å². The van der Waals surface area contributed by atoms with Crippen molar-refractivity contribution in [1.82, 2.24) is 9.47 Å². The molecule has 2 aromatic rings. The number of nitrogens with zero attached hydrogens (tertiary/aromatic N) is 2. The summed E-state index contributed by atoms with van der Waals surface area (Å²) < 4.78 is 45.3. The van der Waals surface area contributed by atoms with Gasteiger partial charge in [0.25, 0.3) is 5.56 Å². The molecule has 0 bridgehead atoms. The van der Waals surface area contributed by atoms with Gasteiger partial charge in [0, 0.05) is 18.0 Å². The molecule has 0 spiro atoms. The molecule has 0 radical (unpaired) electrons.